The van der Waals surface area contributed by atoms with Gasteiger partial charge in [-0.2, -0.15) is 0 Å². The van der Waals surface area contributed by atoms with Gasteiger partial charge in [0.15, 0.2) is 5.60 Å². The second-order valence-electron chi connectivity index (χ2n) is 10.5. The maximum Gasteiger partial charge on any atom is 0.261 e. The van der Waals surface area contributed by atoms with Gasteiger partial charge in [0, 0.05) is 42.4 Å². The van der Waals surface area contributed by atoms with Crippen LogP contribution in [0.25, 0.3) is 0 Å². The molecule has 0 aromatic heterocycles. The highest BCUT2D eigenvalue weighted by molar-refractivity contribution is 6.91. The summed E-state index contributed by atoms with van der Waals surface area (Å²) < 4.78 is 12.1. The molecule has 4 atom stereocenters. The first-order valence-electron chi connectivity index (χ1n) is 12.4. The molecule has 0 saturated carbocycles. The summed E-state index contributed by atoms with van der Waals surface area (Å²) in [6.07, 6.45) is 1.60. The zero-order valence-corrected chi connectivity index (χ0v) is 21.8. The molecule has 2 aromatic carbocycles. The zero-order valence-electron chi connectivity index (χ0n) is 20.8. The third-order valence-electron chi connectivity index (χ3n) is 8.37. The van der Waals surface area contributed by atoms with Crippen LogP contribution in [-0.2, 0) is 19.9 Å². The van der Waals surface area contributed by atoms with Crippen molar-refractivity contribution in [3.05, 3.63) is 48.0 Å². The number of nitrogens with zero attached hydrogens (tertiary/aromatic N) is 1. The number of carbonyl (C=O) groups excluding carboxylic acids is 2. The van der Waals surface area contributed by atoms with Crippen molar-refractivity contribution in [3.8, 4) is 5.75 Å². The normalized spacial score (nSPS) is 28.0. The van der Waals surface area contributed by atoms with Crippen LogP contribution in [0, 0.1) is 5.92 Å². The Kier molecular flexibility index (Phi) is 6.02. The first-order valence-corrected chi connectivity index (χ1v) is 15.5. The van der Waals surface area contributed by atoms with E-state index in [9.17, 15) is 14.7 Å². The summed E-state index contributed by atoms with van der Waals surface area (Å²) in [5, 5.41) is 14.2. The molecule has 2 amide bonds. The molecular weight excluding hydrogens is 460 g/mol. The molecule has 2 aromatic rings. The predicted octanol–water partition coefficient (Wildman–Crippen LogP) is 3.37. The number of carbonyl (C=O) groups is 2. The second kappa shape index (κ2) is 8.76. The van der Waals surface area contributed by atoms with E-state index in [0.717, 1.165) is 29.1 Å². The summed E-state index contributed by atoms with van der Waals surface area (Å²) in [4.78, 5) is 27.8. The van der Waals surface area contributed by atoms with E-state index >= 15 is 0 Å². The third-order valence-corrected chi connectivity index (χ3v) is 12.7. The molecule has 186 valence electrons. The first-order chi connectivity index (χ1) is 16.7. The molecule has 2 fully saturated rings. The highest BCUT2D eigenvalue weighted by atomic mass is 28.3. The Hall–Kier alpha value is -2.68. The number of aliphatic hydroxyl groups excluding tert-OH is 1. The van der Waals surface area contributed by atoms with Crippen LogP contribution in [0.4, 0.5) is 11.4 Å². The van der Waals surface area contributed by atoms with Crippen molar-refractivity contribution in [2.75, 3.05) is 30.5 Å². The molecular formula is C27H34N2O5Si. The van der Waals surface area contributed by atoms with Crippen LogP contribution in [0.15, 0.2) is 42.5 Å². The highest BCUT2D eigenvalue weighted by Crippen LogP contribution is 2.58. The number of rotatable bonds is 6. The van der Waals surface area contributed by atoms with Crippen LogP contribution in [0.1, 0.15) is 31.7 Å². The summed E-state index contributed by atoms with van der Waals surface area (Å²) in [7, 11) is -0.518. The van der Waals surface area contributed by atoms with Gasteiger partial charge in [-0.3, -0.25) is 9.59 Å². The Bertz CT molecular complexity index is 1150. The van der Waals surface area contributed by atoms with E-state index in [-0.39, 0.29) is 36.0 Å². The molecule has 0 aliphatic carbocycles. The van der Waals surface area contributed by atoms with E-state index in [1.807, 2.05) is 30.3 Å². The number of nitrogens with one attached hydrogen (secondary N) is 1. The topological polar surface area (TPSA) is 88.1 Å². The van der Waals surface area contributed by atoms with Gasteiger partial charge in [-0.1, -0.05) is 37.3 Å². The molecule has 8 heteroatoms. The Morgan fingerprint density at radius 3 is 2.57 bits per heavy atom. The van der Waals surface area contributed by atoms with E-state index < -0.39 is 13.7 Å². The molecule has 3 aliphatic heterocycles. The first kappa shape index (κ1) is 24.0. The molecule has 2 N–H and O–H groups in total. The van der Waals surface area contributed by atoms with Crippen LogP contribution >= 0.6 is 0 Å². The van der Waals surface area contributed by atoms with Gasteiger partial charge in [0.1, 0.15) is 5.75 Å². The van der Waals surface area contributed by atoms with Crippen molar-refractivity contribution in [3.63, 3.8) is 0 Å². The van der Waals surface area contributed by atoms with Crippen LogP contribution in [-0.4, -0.2) is 51.4 Å². The highest BCUT2D eigenvalue weighted by Gasteiger charge is 2.64. The lowest BCUT2D eigenvalue weighted by molar-refractivity contribution is -0.143. The van der Waals surface area contributed by atoms with Crippen molar-refractivity contribution in [2.45, 2.75) is 56.5 Å². The smallest absolute Gasteiger partial charge is 0.261 e. The lowest BCUT2D eigenvalue weighted by Crippen LogP contribution is -2.51. The number of benzene rings is 2. The summed E-state index contributed by atoms with van der Waals surface area (Å²) >= 11 is 0. The van der Waals surface area contributed by atoms with Crippen molar-refractivity contribution in [1.29, 1.82) is 0 Å². The average Bonchev–Trinajstić information content (AvgIpc) is 3.49. The fraction of sp³-hybridized carbons (Fsp3) is 0.481. The Balaban J connectivity index is 1.58. The van der Waals surface area contributed by atoms with Gasteiger partial charge >= 0.3 is 0 Å². The predicted molar refractivity (Wildman–Crippen MR) is 138 cm³/mol. The minimum Gasteiger partial charge on any atom is -0.497 e. The minimum atomic E-state index is -2.18. The van der Waals surface area contributed by atoms with Gasteiger partial charge in [-0.25, -0.2) is 0 Å². The summed E-state index contributed by atoms with van der Waals surface area (Å²) in [5.41, 5.74) is 1.31. The van der Waals surface area contributed by atoms with E-state index in [2.05, 4.69) is 37.5 Å². The molecule has 35 heavy (non-hydrogen) atoms. The monoisotopic (exact) mass is 494 g/mol. The summed E-state index contributed by atoms with van der Waals surface area (Å²) in [5.74, 6) is 0.648. The van der Waals surface area contributed by atoms with E-state index in [0.29, 0.717) is 19.4 Å². The number of amides is 2. The van der Waals surface area contributed by atoms with Crippen LogP contribution < -0.4 is 20.1 Å². The van der Waals surface area contributed by atoms with Crippen molar-refractivity contribution in [1.82, 2.24) is 0 Å². The van der Waals surface area contributed by atoms with E-state index in [4.69, 9.17) is 9.47 Å². The van der Waals surface area contributed by atoms with Gasteiger partial charge in [-0.05, 0) is 48.7 Å². The van der Waals surface area contributed by atoms with Crippen molar-refractivity contribution < 1.29 is 24.2 Å². The quantitative estimate of drug-likeness (QED) is 0.601. The number of fused-ring (bicyclic) bond motifs is 2. The van der Waals surface area contributed by atoms with Crippen LogP contribution in [0.5, 0.6) is 5.75 Å². The summed E-state index contributed by atoms with van der Waals surface area (Å²) in [6.45, 7) is 7.43. The lowest BCUT2D eigenvalue weighted by Gasteiger charge is -2.37. The minimum absolute atomic E-state index is 0.00610. The number of hydrogen-bond donors (Lipinski definition) is 2. The molecule has 3 heterocycles. The molecule has 5 rings (SSSR count). The second-order valence-corrected chi connectivity index (χ2v) is 15.2. The van der Waals surface area contributed by atoms with Gasteiger partial charge in [0.25, 0.3) is 5.91 Å². The number of aliphatic hydroxyl groups is 1. The summed E-state index contributed by atoms with van der Waals surface area (Å²) in [6, 6.07) is 14.0. The zero-order chi connectivity index (χ0) is 25.0. The van der Waals surface area contributed by atoms with Gasteiger partial charge in [-0.15, -0.1) is 0 Å². The number of anilines is 2. The number of hydrogen-bond acceptors (Lipinski definition) is 5. The van der Waals surface area contributed by atoms with Gasteiger partial charge in [0.2, 0.25) is 5.91 Å². The van der Waals surface area contributed by atoms with Crippen LogP contribution in [0.2, 0.25) is 18.6 Å². The standard InChI is InChI=1S/C27H34N2O5Si/c1-17-25(35(3,4)20-10-8-19(33-2)9-11-20)23(13-15-30)34-27(17)21-16-18(29-14-5-6-24(29)31)7-12-22(21)28-26(27)32/h7-12,16-17,23,25,30H,5-6,13-15H2,1-4H3,(H,28,32)/t17-,23+,25-,27+/m0/s1. The molecule has 1 spiro atoms. The fourth-order valence-electron chi connectivity index (χ4n) is 6.61. The van der Waals surface area contributed by atoms with Gasteiger partial charge in [0.05, 0.1) is 21.3 Å². The van der Waals surface area contributed by atoms with Gasteiger partial charge < -0.3 is 24.8 Å². The molecule has 7 nitrogen and oxygen atoms in total. The SMILES string of the molecule is COc1ccc([Si](C)(C)[C@@H]2[C@@H](CCO)O[C@]3(C(=O)Nc4ccc(N5CCCC5=O)cc43)[C@H]2C)cc1. The molecule has 0 unspecified atom stereocenters. The average molecular weight is 495 g/mol. The van der Waals surface area contributed by atoms with E-state index in [1.54, 1.807) is 12.0 Å². The fourth-order valence-corrected chi connectivity index (χ4v) is 10.7. The van der Waals surface area contributed by atoms with Crippen molar-refractivity contribution >= 4 is 36.4 Å². The number of methoxy groups -OCH3 is 1. The molecule has 3 aliphatic rings. The maximum absolute atomic E-state index is 13.6. The Morgan fingerprint density at radius 2 is 1.94 bits per heavy atom. The molecule has 0 bridgehead atoms. The Morgan fingerprint density at radius 1 is 1.20 bits per heavy atom. The Labute approximate surface area is 207 Å². The number of ether oxygens (including phenoxy) is 2. The van der Waals surface area contributed by atoms with E-state index in [1.165, 1.54) is 5.19 Å². The largest absolute Gasteiger partial charge is 0.497 e. The molecule has 0 radical (unpaired) electrons. The molecule has 2 saturated heterocycles. The van der Waals surface area contributed by atoms with Crippen LogP contribution in [0.3, 0.4) is 0 Å². The lowest BCUT2D eigenvalue weighted by atomic mass is 9.82. The third kappa shape index (κ3) is 3.61. The van der Waals surface area contributed by atoms with Crippen molar-refractivity contribution in [2.24, 2.45) is 5.92 Å². The maximum atomic E-state index is 13.6.